The van der Waals surface area contributed by atoms with Crippen molar-refractivity contribution in [2.45, 2.75) is 26.8 Å². The van der Waals surface area contributed by atoms with E-state index in [0.717, 1.165) is 27.6 Å². The van der Waals surface area contributed by atoms with Gasteiger partial charge in [-0.3, -0.25) is 4.79 Å². The number of rotatable bonds is 9. The van der Waals surface area contributed by atoms with Crippen molar-refractivity contribution in [3.63, 3.8) is 0 Å². The molecule has 0 aliphatic rings. The highest BCUT2D eigenvalue weighted by atomic mass is 16.5. The average molecular weight is 516 g/mol. The Balaban J connectivity index is 1.65. The number of carbonyl (C=O) groups is 1. The molecular weight excluding hydrogens is 482 g/mol. The maximum absolute atomic E-state index is 13.5. The van der Waals surface area contributed by atoms with Crippen LogP contribution in [0.5, 0.6) is 17.2 Å². The number of fused-ring (bicyclic) bond motifs is 1. The molecule has 8 heteroatoms. The molecule has 8 nitrogen and oxygen atoms in total. The van der Waals surface area contributed by atoms with Crippen LogP contribution in [0, 0.1) is 13.8 Å². The van der Waals surface area contributed by atoms with Crippen LogP contribution in [0.3, 0.4) is 0 Å². The fraction of sp³-hybridized carbons (Fsp3) is 0.267. The summed E-state index contributed by atoms with van der Waals surface area (Å²) in [5.74, 6) is 1.80. The van der Waals surface area contributed by atoms with E-state index in [9.17, 15) is 9.59 Å². The van der Waals surface area contributed by atoms with Gasteiger partial charge in [-0.05, 0) is 73.4 Å². The van der Waals surface area contributed by atoms with Crippen LogP contribution in [-0.4, -0.2) is 43.8 Å². The molecule has 0 aliphatic carbocycles. The summed E-state index contributed by atoms with van der Waals surface area (Å²) >= 11 is 0. The summed E-state index contributed by atoms with van der Waals surface area (Å²) in [6, 6.07) is 18.5. The molecule has 0 unspecified atom stereocenters. The van der Waals surface area contributed by atoms with Crippen molar-refractivity contribution in [3.8, 4) is 17.2 Å². The normalized spacial score (nSPS) is 10.8. The number of aromatic amines is 1. The first kappa shape index (κ1) is 26.6. The highest BCUT2D eigenvalue weighted by Crippen LogP contribution is 2.28. The zero-order chi connectivity index (χ0) is 27.2. The van der Waals surface area contributed by atoms with Gasteiger partial charge in [-0.15, -0.1) is 0 Å². The van der Waals surface area contributed by atoms with Crippen molar-refractivity contribution in [2.24, 2.45) is 0 Å². The van der Waals surface area contributed by atoms with E-state index in [-0.39, 0.29) is 18.1 Å². The van der Waals surface area contributed by atoms with E-state index in [1.165, 1.54) is 0 Å². The number of anilines is 1. The number of pyridine rings is 1. The van der Waals surface area contributed by atoms with Gasteiger partial charge in [0.25, 0.3) is 5.56 Å². The van der Waals surface area contributed by atoms with Gasteiger partial charge in [0.05, 0.1) is 33.6 Å². The number of hydrogen-bond acceptors (Lipinski definition) is 5. The molecule has 0 atom stereocenters. The summed E-state index contributed by atoms with van der Waals surface area (Å²) in [5, 5.41) is 3.89. The molecule has 38 heavy (non-hydrogen) atoms. The topological polar surface area (TPSA) is 92.9 Å². The number of H-pyrrole nitrogens is 1. The molecule has 0 saturated carbocycles. The fourth-order valence-electron chi connectivity index (χ4n) is 4.53. The Morgan fingerprint density at radius 3 is 2.37 bits per heavy atom. The maximum Gasteiger partial charge on any atom is 0.322 e. The number of hydrogen-bond donors (Lipinski definition) is 2. The zero-order valence-electron chi connectivity index (χ0n) is 22.4. The summed E-state index contributed by atoms with van der Waals surface area (Å²) in [6.07, 6.45) is 0.545. The first-order valence-corrected chi connectivity index (χ1v) is 12.4. The Morgan fingerprint density at radius 1 is 0.895 bits per heavy atom. The van der Waals surface area contributed by atoms with Crippen LogP contribution in [0.4, 0.5) is 10.5 Å². The van der Waals surface area contributed by atoms with Crippen molar-refractivity contribution in [1.82, 2.24) is 9.88 Å². The molecule has 0 aliphatic heterocycles. The van der Waals surface area contributed by atoms with Crippen molar-refractivity contribution in [1.29, 1.82) is 0 Å². The Kier molecular flexibility index (Phi) is 8.21. The zero-order valence-corrected chi connectivity index (χ0v) is 22.4. The van der Waals surface area contributed by atoms with Crippen molar-refractivity contribution in [2.75, 3.05) is 33.2 Å². The number of carbonyl (C=O) groups excluding carboxylic acids is 1. The van der Waals surface area contributed by atoms with Crippen molar-refractivity contribution in [3.05, 3.63) is 93.3 Å². The van der Waals surface area contributed by atoms with Gasteiger partial charge in [-0.25, -0.2) is 4.79 Å². The fourth-order valence-corrected chi connectivity index (χ4v) is 4.53. The molecule has 0 saturated heterocycles. The van der Waals surface area contributed by atoms with Crippen LogP contribution in [-0.2, 0) is 13.0 Å². The summed E-state index contributed by atoms with van der Waals surface area (Å²) in [7, 11) is 4.73. The third-order valence-corrected chi connectivity index (χ3v) is 6.50. The predicted octanol–water partition coefficient (Wildman–Crippen LogP) is 5.45. The van der Waals surface area contributed by atoms with E-state index in [0.29, 0.717) is 41.5 Å². The van der Waals surface area contributed by atoms with Crippen molar-refractivity contribution < 1.29 is 19.0 Å². The highest BCUT2D eigenvalue weighted by molar-refractivity contribution is 5.91. The molecule has 3 aromatic carbocycles. The van der Waals surface area contributed by atoms with Crippen LogP contribution in [0.1, 0.15) is 22.3 Å². The van der Waals surface area contributed by atoms with E-state index >= 15 is 0 Å². The molecule has 0 bridgehead atoms. The van der Waals surface area contributed by atoms with Gasteiger partial charge >= 0.3 is 6.03 Å². The van der Waals surface area contributed by atoms with Crippen LogP contribution in [0.25, 0.3) is 10.9 Å². The molecule has 4 rings (SSSR count). The second-order valence-electron chi connectivity index (χ2n) is 9.16. The van der Waals surface area contributed by atoms with Gasteiger partial charge in [0.2, 0.25) is 0 Å². The Bertz CT molecular complexity index is 1510. The molecule has 0 fully saturated rings. The molecule has 198 valence electrons. The minimum absolute atomic E-state index is 0.132. The lowest BCUT2D eigenvalue weighted by Gasteiger charge is -2.24. The number of amides is 2. The summed E-state index contributed by atoms with van der Waals surface area (Å²) in [6.45, 7) is 4.51. The average Bonchev–Trinajstić information content (AvgIpc) is 2.91. The largest absolute Gasteiger partial charge is 0.495 e. The molecule has 1 heterocycles. The SMILES string of the molecule is COc1ccccc1NC(=O)N(CCc1ccc(OC)c(OC)c1)Cc1cc2c(C)cc(C)cc2[nH]c1=O. The lowest BCUT2D eigenvalue weighted by molar-refractivity contribution is 0.209. The first-order chi connectivity index (χ1) is 18.3. The summed E-state index contributed by atoms with van der Waals surface area (Å²) in [5.41, 5.74) is 4.73. The summed E-state index contributed by atoms with van der Waals surface area (Å²) in [4.78, 5) is 31.2. The van der Waals surface area contributed by atoms with E-state index in [1.807, 2.05) is 56.3 Å². The minimum atomic E-state index is -0.338. The van der Waals surface area contributed by atoms with Gasteiger partial charge in [-0.2, -0.15) is 0 Å². The van der Waals surface area contributed by atoms with Gasteiger partial charge < -0.3 is 29.4 Å². The minimum Gasteiger partial charge on any atom is -0.495 e. The number of ether oxygens (including phenoxy) is 3. The Labute approximate surface area is 222 Å². The highest BCUT2D eigenvalue weighted by Gasteiger charge is 2.19. The van der Waals surface area contributed by atoms with E-state index in [1.54, 1.807) is 38.4 Å². The van der Waals surface area contributed by atoms with Gasteiger partial charge in [0.1, 0.15) is 5.75 Å². The number of nitrogens with one attached hydrogen (secondary N) is 2. The lowest BCUT2D eigenvalue weighted by Crippen LogP contribution is -2.37. The number of benzene rings is 3. The van der Waals surface area contributed by atoms with Crippen LogP contribution < -0.4 is 25.1 Å². The number of aryl methyl sites for hydroxylation is 2. The standard InChI is InChI=1S/C30H33N3O5/c1-19-14-20(2)23-17-22(29(34)31-25(23)15-19)18-33(30(35)32-24-8-6-7-9-26(24)36-3)13-12-21-10-11-27(37-4)28(16-21)38-5/h6-11,14-17H,12-13,18H2,1-5H3,(H,31,34)(H,32,35). The second kappa shape index (κ2) is 11.7. The molecule has 2 amide bonds. The quantitative estimate of drug-likeness (QED) is 0.309. The predicted molar refractivity (Wildman–Crippen MR) is 150 cm³/mol. The van der Waals surface area contributed by atoms with Gasteiger partial charge in [-0.1, -0.05) is 24.3 Å². The number of aromatic nitrogens is 1. The molecule has 2 N–H and O–H groups in total. The third-order valence-electron chi connectivity index (χ3n) is 6.50. The van der Waals surface area contributed by atoms with Crippen LogP contribution in [0.15, 0.2) is 65.5 Å². The molecule has 1 aromatic heterocycles. The Hall–Kier alpha value is -4.46. The van der Waals surface area contributed by atoms with E-state index < -0.39 is 0 Å². The Morgan fingerprint density at radius 2 is 1.63 bits per heavy atom. The summed E-state index contributed by atoms with van der Waals surface area (Å²) < 4.78 is 16.2. The first-order valence-electron chi connectivity index (χ1n) is 12.4. The second-order valence-corrected chi connectivity index (χ2v) is 9.16. The molecule has 0 spiro atoms. The molecule has 4 aromatic rings. The third kappa shape index (κ3) is 5.91. The number of para-hydroxylation sites is 2. The van der Waals surface area contributed by atoms with Crippen LogP contribution >= 0.6 is 0 Å². The smallest absolute Gasteiger partial charge is 0.322 e. The number of urea groups is 1. The van der Waals surface area contributed by atoms with Crippen molar-refractivity contribution >= 4 is 22.6 Å². The maximum atomic E-state index is 13.5. The van der Waals surface area contributed by atoms with Crippen LogP contribution in [0.2, 0.25) is 0 Å². The van der Waals surface area contributed by atoms with Gasteiger partial charge in [0, 0.05) is 23.0 Å². The molecule has 0 radical (unpaired) electrons. The molecular formula is C30H33N3O5. The number of methoxy groups -OCH3 is 3. The van der Waals surface area contributed by atoms with E-state index in [2.05, 4.69) is 16.4 Å². The monoisotopic (exact) mass is 515 g/mol. The van der Waals surface area contributed by atoms with E-state index in [4.69, 9.17) is 14.2 Å². The van der Waals surface area contributed by atoms with Gasteiger partial charge in [0.15, 0.2) is 11.5 Å². The number of nitrogens with zero attached hydrogens (tertiary/aromatic N) is 1. The lowest BCUT2D eigenvalue weighted by atomic mass is 10.0.